The van der Waals surface area contributed by atoms with Gasteiger partial charge in [-0.1, -0.05) is 6.92 Å². The molecule has 8 nitrogen and oxygen atoms in total. The van der Waals surface area contributed by atoms with Gasteiger partial charge in [0, 0.05) is 11.3 Å². The zero-order valence-corrected chi connectivity index (χ0v) is 14.3. The van der Waals surface area contributed by atoms with E-state index in [-0.39, 0.29) is 18.3 Å². The first-order chi connectivity index (χ1) is 11.5. The van der Waals surface area contributed by atoms with Crippen LogP contribution in [-0.2, 0) is 9.47 Å². The van der Waals surface area contributed by atoms with Gasteiger partial charge in [-0.15, -0.1) is 11.8 Å². The maximum absolute atomic E-state index is 10.7. The van der Waals surface area contributed by atoms with Gasteiger partial charge in [0.25, 0.3) is 5.22 Å². The van der Waals surface area contributed by atoms with Crippen LogP contribution in [0, 0.1) is 0 Å². The highest BCUT2D eigenvalue weighted by molar-refractivity contribution is 7.99. The van der Waals surface area contributed by atoms with Crippen LogP contribution in [-0.4, -0.2) is 45.3 Å². The van der Waals surface area contributed by atoms with Crippen LogP contribution in [0.2, 0.25) is 0 Å². The van der Waals surface area contributed by atoms with Crippen LogP contribution in [0.3, 0.4) is 0 Å². The molecule has 0 radical (unpaired) electrons. The summed E-state index contributed by atoms with van der Waals surface area (Å²) in [5, 5.41) is 17.4. The molecule has 1 heterocycles. The van der Waals surface area contributed by atoms with Crippen LogP contribution in [0.1, 0.15) is 13.3 Å². The van der Waals surface area contributed by atoms with Crippen LogP contribution < -0.4 is 0 Å². The molecule has 2 aromatic rings. The molecule has 2 N–H and O–H groups in total. The van der Waals surface area contributed by atoms with Crippen molar-refractivity contribution in [3.05, 3.63) is 18.2 Å². The summed E-state index contributed by atoms with van der Waals surface area (Å²) in [4.78, 5) is 26.4. The maximum Gasteiger partial charge on any atom is 0.506 e. The van der Waals surface area contributed by atoms with Gasteiger partial charge in [-0.05, 0) is 35.7 Å². The topological polar surface area (TPSA) is 119 Å². The van der Waals surface area contributed by atoms with E-state index in [0.29, 0.717) is 11.1 Å². The minimum Gasteiger partial charge on any atom is -0.450 e. The minimum atomic E-state index is -1.47. The number of hydrogen-bond donors (Lipinski definition) is 2. The van der Waals surface area contributed by atoms with Crippen molar-refractivity contribution < 1.29 is 33.7 Å². The van der Waals surface area contributed by atoms with E-state index in [0.717, 1.165) is 22.4 Å². The number of carboxylic acid groups (broad SMARTS) is 2. The van der Waals surface area contributed by atoms with Gasteiger partial charge >= 0.3 is 12.3 Å². The Morgan fingerprint density at radius 1 is 1.33 bits per heavy atom. The lowest BCUT2D eigenvalue weighted by Crippen LogP contribution is -2.16. The van der Waals surface area contributed by atoms with Crippen molar-refractivity contribution in [3.8, 4) is 0 Å². The second-order valence-electron chi connectivity index (χ2n) is 4.38. The van der Waals surface area contributed by atoms with Gasteiger partial charge < -0.3 is 24.1 Å². The number of rotatable bonds is 8. The SMILES string of the molecule is CCSc1ccc2nc(SC(CCOC(=O)O)OC(=O)O)oc2c1. The Bertz CT molecular complexity index is 718. The molecule has 130 valence electrons. The predicted octanol–water partition coefficient (Wildman–Crippen LogP) is 4.14. The van der Waals surface area contributed by atoms with E-state index in [2.05, 4.69) is 9.72 Å². The van der Waals surface area contributed by atoms with E-state index in [1.54, 1.807) is 11.8 Å². The first kappa shape index (κ1) is 18.3. The molecule has 1 aromatic heterocycles. The molecule has 0 spiro atoms. The Morgan fingerprint density at radius 3 is 2.79 bits per heavy atom. The molecule has 1 unspecified atom stereocenters. The van der Waals surface area contributed by atoms with Crippen molar-refractivity contribution in [1.82, 2.24) is 4.98 Å². The predicted molar refractivity (Wildman–Crippen MR) is 87.8 cm³/mol. The number of oxazole rings is 1. The summed E-state index contributed by atoms with van der Waals surface area (Å²) >= 11 is 2.62. The Labute approximate surface area is 145 Å². The van der Waals surface area contributed by atoms with Gasteiger partial charge in [-0.2, -0.15) is 0 Å². The molecule has 0 fully saturated rings. The Balaban J connectivity index is 2.07. The highest BCUT2D eigenvalue weighted by atomic mass is 32.2. The van der Waals surface area contributed by atoms with E-state index in [9.17, 15) is 9.59 Å². The molecule has 2 rings (SSSR count). The summed E-state index contributed by atoms with van der Waals surface area (Å²) < 4.78 is 14.7. The molecule has 0 amide bonds. The average Bonchev–Trinajstić information content (AvgIpc) is 2.88. The second kappa shape index (κ2) is 8.69. The van der Waals surface area contributed by atoms with Crippen molar-refractivity contribution in [2.75, 3.05) is 12.4 Å². The molecule has 0 bridgehead atoms. The van der Waals surface area contributed by atoms with Gasteiger partial charge in [-0.3, -0.25) is 0 Å². The fraction of sp³-hybridized carbons (Fsp3) is 0.357. The molecule has 24 heavy (non-hydrogen) atoms. The molecule has 0 saturated carbocycles. The zero-order valence-electron chi connectivity index (χ0n) is 12.6. The van der Waals surface area contributed by atoms with Gasteiger partial charge in [0.15, 0.2) is 11.0 Å². The first-order valence-corrected chi connectivity index (χ1v) is 8.79. The molecule has 0 aliphatic rings. The number of fused-ring (bicyclic) bond motifs is 1. The lowest BCUT2D eigenvalue weighted by molar-refractivity contribution is 0.0599. The fourth-order valence-corrected chi connectivity index (χ4v) is 3.35. The zero-order chi connectivity index (χ0) is 17.5. The van der Waals surface area contributed by atoms with Crippen molar-refractivity contribution in [2.45, 2.75) is 28.9 Å². The largest absolute Gasteiger partial charge is 0.506 e. The summed E-state index contributed by atoms with van der Waals surface area (Å²) in [7, 11) is 0. The lowest BCUT2D eigenvalue weighted by atomic mass is 10.3. The number of ether oxygens (including phenoxy) is 2. The molecular formula is C14H15NO7S2. The minimum absolute atomic E-state index is 0.0406. The molecular weight excluding hydrogens is 358 g/mol. The van der Waals surface area contributed by atoms with Crippen LogP contribution in [0.4, 0.5) is 9.59 Å². The summed E-state index contributed by atoms with van der Waals surface area (Å²) in [6.07, 6.45) is -2.86. The number of nitrogens with zero attached hydrogens (tertiary/aromatic N) is 1. The Kier molecular flexibility index (Phi) is 6.62. The van der Waals surface area contributed by atoms with E-state index in [1.165, 1.54) is 0 Å². The third-order valence-corrected chi connectivity index (χ3v) is 4.54. The second-order valence-corrected chi connectivity index (χ2v) is 6.82. The maximum atomic E-state index is 10.7. The van der Waals surface area contributed by atoms with Crippen molar-refractivity contribution >= 4 is 46.9 Å². The number of hydrogen-bond acceptors (Lipinski definition) is 8. The van der Waals surface area contributed by atoms with Crippen molar-refractivity contribution in [1.29, 1.82) is 0 Å². The number of thioether (sulfide) groups is 2. The standard InChI is InChI=1S/C14H15NO7S2/c1-2-23-8-3-4-9-10(7-8)21-12(15-9)24-11(22-14(18)19)5-6-20-13(16)17/h3-4,7,11H,2,5-6H2,1H3,(H,16,17)(H,18,19). The Hall–Kier alpha value is -2.07. The highest BCUT2D eigenvalue weighted by Crippen LogP contribution is 2.31. The highest BCUT2D eigenvalue weighted by Gasteiger charge is 2.20. The Morgan fingerprint density at radius 2 is 2.12 bits per heavy atom. The third kappa shape index (κ3) is 5.53. The van der Waals surface area contributed by atoms with E-state index >= 15 is 0 Å². The summed E-state index contributed by atoms with van der Waals surface area (Å²) in [5.74, 6) is 0.930. The lowest BCUT2D eigenvalue weighted by Gasteiger charge is -2.12. The molecule has 0 aliphatic carbocycles. The van der Waals surface area contributed by atoms with E-state index < -0.39 is 17.7 Å². The fourth-order valence-electron chi connectivity index (χ4n) is 1.80. The normalized spacial score (nSPS) is 12.0. The molecule has 0 aliphatic heterocycles. The van der Waals surface area contributed by atoms with Gasteiger partial charge in [0.2, 0.25) is 0 Å². The first-order valence-electron chi connectivity index (χ1n) is 6.93. The van der Waals surface area contributed by atoms with Crippen LogP contribution in [0.5, 0.6) is 0 Å². The molecule has 10 heteroatoms. The van der Waals surface area contributed by atoms with Crippen LogP contribution in [0.25, 0.3) is 11.1 Å². The smallest absolute Gasteiger partial charge is 0.450 e. The summed E-state index contributed by atoms with van der Waals surface area (Å²) in [5.41, 5.74) is 0.347. The monoisotopic (exact) mass is 373 g/mol. The quantitative estimate of drug-likeness (QED) is 0.397. The van der Waals surface area contributed by atoms with Crippen LogP contribution >= 0.6 is 23.5 Å². The average molecular weight is 373 g/mol. The van der Waals surface area contributed by atoms with Crippen molar-refractivity contribution in [2.24, 2.45) is 0 Å². The van der Waals surface area contributed by atoms with E-state index in [4.69, 9.17) is 19.4 Å². The third-order valence-electron chi connectivity index (χ3n) is 2.69. The molecule has 1 atom stereocenters. The number of benzene rings is 1. The molecule has 0 saturated heterocycles. The number of carbonyl (C=O) groups is 2. The summed E-state index contributed by atoms with van der Waals surface area (Å²) in [6.45, 7) is 1.85. The summed E-state index contributed by atoms with van der Waals surface area (Å²) in [6, 6.07) is 5.61. The van der Waals surface area contributed by atoms with Gasteiger partial charge in [-0.25, -0.2) is 14.6 Å². The van der Waals surface area contributed by atoms with Gasteiger partial charge in [0.05, 0.1) is 6.61 Å². The van der Waals surface area contributed by atoms with Crippen molar-refractivity contribution in [3.63, 3.8) is 0 Å². The van der Waals surface area contributed by atoms with Gasteiger partial charge in [0.1, 0.15) is 5.52 Å². The number of aromatic nitrogens is 1. The van der Waals surface area contributed by atoms with Crippen LogP contribution in [0.15, 0.2) is 32.7 Å². The molecule has 1 aromatic carbocycles. The van der Waals surface area contributed by atoms with E-state index in [1.807, 2.05) is 25.1 Å².